The lowest BCUT2D eigenvalue weighted by Crippen LogP contribution is -2.30. The normalized spacial score (nSPS) is 13.9. The maximum atomic E-state index is 13.1. The number of rotatable bonds is 83. The summed E-state index contributed by atoms with van der Waals surface area (Å²) in [6, 6.07) is 0. The van der Waals surface area contributed by atoms with E-state index < -0.39 is 97.5 Å². The van der Waals surface area contributed by atoms with E-state index in [1.54, 1.807) is 0 Å². The molecule has 0 aliphatic heterocycles. The highest BCUT2D eigenvalue weighted by Crippen LogP contribution is 2.45. The minimum Gasteiger partial charge on any atom is -0.462 e. The van der Waals surface area contributed by atoms with Gasteiger partial charge in [0, 0.05) is 25.7 Å². The number of hydrogen-bond acceptors (Lipinski definition) is 15. The Morgan fingerprint density at radius 2 is 0.400 bits per heavy atom. The Labute approximate surface area is 645 Å². The van der Waals surface area contributed by atoms with Crippen molar-refractivity contribution in [1.82, 2.24) is 0 Å². The summed E-state index contributed by atoms with van der Waals surface area (Å²) < 4.78 is 68.9. The Bertz CT molecular complexity index is 2040. The van der Waals surface area contributed by atoms with Crippen LogP contribution >= 0.6 is 15.6 Å². The molecule has 105 heavy (non-hydrogen) atoms. The number of carbonyl (C=O) groups excluding carboxylic acids is 4. The second-order valence-electron chi connectivity index (χ2n) is 32.8. The predicted molar refractivity (Wildman–Crippen MR) is 432 cm³/mol. The summed E-state index contributed by atoms with van der Waals surface area (Å²) in [5, 5.41) is 10.7. The Balaban J connectivity index is 5.25. The number of carbonyl (C=O) groups is 4. The van der Waals surface area contributed by atoms with Gasteiger partial charge >= 0.3 is 39.5 Å². The maximum absolute atomic E-state index is 13.1. The maximum Gasteiger partial charge on any atom is 0.472 e. The van der Waals surface area contributed by atoms with E-state index in [1.807, 2.05) is 0 Å². The van der Waals surface area contributed by atoms with E-state index in [9.17, 15) is 43.2 Å². The van der Waals surface area contributed by atoms with E-state index in [4.69, 9.17) is 37.0 Å². The Hall–Kier alpha value is -1.94. The largest absolute Gasteiger partial charge is 0.472 e. The molecule has 0 bridgehead atoms. The Morgan fingerprint density at radius 1 is 0.238 bits per heavy atom. The van der Waals surface area contributed by atoms with Crippen LogP contribution in [-0.4, -0.2) is 96.7 Å². The standard InChI is InChI=1S/C86H168O17P2/c1-76(2)62-54-46-38-30-24-18-13-11-9-10-12-14-22-28-34-44-52-60-68-85(90)102-81(72-96-83(88)66-58-50-42-33-27-21-16-15-19-25-31-39-47-55-63-77(3)4)74-100-104(92,93)98-70-80(87)71-99-105(94,95)101-75-82(73-97-84(89)67-59-51-43-37-36-41-49-57-65-79(7)8)103-86(91)69-61-53-45-35-29-23-17-20-26-32-40-48-56-64-78(5)6/h76-82,87H,9-75H2,1-8H3,(H,92,93)(H,94,95)/t80-,81-,82-/m1/s1. The van der Waals surface area contributed by atoms with Gasteiger partial charge in [-0.25, -0.2) is 9.13 Å². The van der Waals surface area contributed by atoms with Gasteiger partial charge in [0.1, 0.15) is 19.3 Å². The van der Waals surface area contributed by atoms with Crippen LogP contribution in [0.1, 0.15) is 447 Å². The van der Waals surface area contributed by atoms with Crippen molar-refractivity contribution < 1.29 is 80.2 Å². The highest BCUT2D eigenvalue weighted by molar-refractivity contribution is 7.47. The Morgan fingerprint density at radius 3 is 0.590 bits per heavy atom. The van der Waals surface area contributed by atoms with Gasteiger partial charge in [-0.2, -0.15) is 0 Å². The number of unbranched alkanes of at least 4 members (excludes halogenated alkanes) is 49. The van der Waals surface area contributed by atoms with Gasteiger partial charge in [-0.15, -0.1) is 0 Å². The van der Waals surface area contributed by atoms with E-state index >= 15 is 0 Å². The van der Waals surface area contributed by atoms with Gasteiger partial charge in [-0.05, 0) is 49.4 Å². The molecule has 3 N–H and O–H groups in total. The van der Waals surface area contributed by atoms with Gasteiger partial charge in [0.2, 0.25) is 0 Å². The fourth-order valence-corrected chi connectivity index (χ4v) is 14.9. The molecule has 0 aromatic heterocycles. The SMILES string of the molecule is CC(C)CCCCCCCCCCCCCCCCCCCCC(=O)O[C@H](COC(=O)CCCCCCCCCCCCCCCCC(C)C)COP(=O)(O)OC[C@@H](O)COP(=O)(O)OC[C@@H](COC(=O)CCCCCCCCCCC(C)C)OC(=O)CCCCCCCCCCCCCCCC(C)C. The lowest BCUT2D eigenvalue weighted by molar-refractivity contribution is -0.161. The van der Waals surface area contributed by atoms with Crippen LogP contribution in [0.3, 0.4) is 0 Å². The topological polar surface area (TPSA) is 237 Å². The van der Waals surface area contributed by atoms with Crippen LogP contribution in [0.15, 0.2) is 0 Å². The van der Waals surface area contributed by atoms with Crippen LogP contribution in [0.25, 0.3) is 0 Å². The fourth-order valence-electron chi connectivity index (χ4n) is 13.3. The number of hydrogen-bond donors (Lipinski definition) is 3. The van der Waals surface area contributed by atoms with Crippen LogP contribution in [0.5, 0.6) is 0 Å². The molecule has 0 aromatic carbocycles. The molecule has 0 saturated heterocycles. The van der Waals surface area contributed by atoms with Crippen LogP contribution < -0.4 is 0 Å². The van der Waals surface area contributed by atoms with Crippen molar-refractivity contribution in [1.29, 1.82) is 0 Å². The first kappa shape index (κ1) is 103. The van der Waals surface area contributed by atoms with Crippen LogP contribution in [0.4, 0.5) is 0 Å². The summed E-state index contributed by atoms with van der Waals surface area (Å²) in [4.78, 5) is 73.2. The first-order valence-electron chi connectivity index (χ1n) is 44.2. The van der Waals surface area contributed by atoms with Crippen LogP contribution in [0, 0.1) is 23.7 Å². The summed E-state index contributed by atoms with van der Waals surface area (Å²) >= 11 is 0. The number of phosphoric acid groups is 2. The number of esters is 4. The lowest BCUT2D eigenvalue weighted by atomic mass is 10.0. The second-order valence-corrected chi connectivity index (χ2v) is 35.7. The smallest absolute Gasteiger partial charge is 0.462 e. The van der Waals surface area contributed by atoms with Crippen LogP contribution in [-0.2, 0) is 65.4 Å². The number of ether oxygens (including phenoxy) is 4. The quantitative estimate of drug-likeness (QED) is 0.0222. The molecular formula is C86H168O17P2. The van der Waals surface area contributed by atoms with Crippen molar-refractivity contribution in [3.63, 3.8) is 0 Å². The molecule has 0 saturated carbocycles. The van der Waals surface area contributed by atoms with Crippen molar-refractivity contribution in [3.8, 4) is 0 Å². The average molecular weight is 1540 g/mol. The number of aliphatic hydroxyl groups is 1. The first-order chi connectivity index (χ1) is 50.6. The molecular weight excluding hydrogens is 1370 g/mol. The third kappa shape index (κ3) is 79.9. The summed E-state index contributed by atoms with van der Waals surface area (Å²) in [6.45, 7) is 14.3. The van der Waals surface area contributed by atoms with Gasteiger partial charge in [0.05, 0.1) is 26.4 Å². The molecule has 0 aliphatic rings. The highest BCUT2D eigenvalue weighted by Gasteiger charge is 2.30. The minimum absolute atomic E-state index is 0.107. The monoisotopic (exact) mass is 1540 g/mol. The molecule has 0 radical (unpaired) electrons. The molecule has 19 heteroatoms. The lowest BCUT2D eigenvalue weighted by Gasteiger charge is -2.21. The summed E-state index contributed by atoms with van der Waals surface area (Å²) in [5.74, 6) is 1.02. The molecule has 0 rings (SSSR count). The van der Waals surface area contributed by atoms with Crippen molar-refractivity contribution >= 4 is 39.5 Å². The molecule has 2 unspecified atom stereocenters. The van der Waals surface area contributed by atoms with Crippen molar-refractivity contribution in [2.45, 2.75) is 465 Å². The van der Waals surface area contributed by atoms with E-state index in [0.29, 0.717) is 25.7 Å². The van der Waals surface area contributed by atoms with Gasteiger partial charge in [-0.1, -0.05) is 396 Å². The van der Waals surface area contributed by atoms with Crippen LogP contribution in [0.2, 0.25) is 0 Å². The fraction of sp³-hybridized carbons (Fsp3) is 0.953. The molecule has 624 valence electrons. The summed E-state index contributed by atoms with van der Waals surface area (Å²) in [6.07, 6.45) is 63.9. The first-order valence-corrected chi connectivity index (χ1v) is 47.2. The zero-order valence-electron chi connectivity index (χ0n) is 69.4. The molecule has 0 amide bonds. The average Bonchev–Trinajstić information content (AvgIpc) is 0.902. The number of aliphatic hydroxyl groups excluding tert-OH is 1. The number of phosphoric ester groups is 2. The summed E-state index contributed by atoms with van der Waals surface area (Å²) in [5.41, 5.74) is 0. The molecule has 17 nitrogen and oxygen atoms in total. The molecule has 0 aromatic rings. The van der Waals surface area contributed by atoms with E-state index in [1.165, 1.54) is 250 Å². The second kappa shape index (κ2) is 74.8. The molecule has 5 atom stereocenters. The van der Waals surface area contributed by atoms with E-state index in [-0.39, 0.29) is 25.7 Å². The molecule has 0 aliphatic carbocycles. The zero-order valence-corrected chi connectivity index (χ0v) is 71.2. The minimum atomic E-state index is -4.97. The van der Waals surface area contributed by atoms with Crippen molar-refractivity contribution in [3.05, 3.63) is 0 Å². The zero-order chi connectivity index (χ0) is 77.4. The third-order valence-electron chi connectivity index (χ3n) is 20.1. The molecule has 0 spiro atoms. The van der Waals surface area contributed by atoms with Gasteiger partial charge in [0.25, 0.3) is 0 Å². The Kier molecular flexibility index (Phi) is 73.4. The van der Waals surface area contributed by atoms with Gasteiger partial charge in [-0.3, -0.25) is 37.3 Å². The van der Waals surface area contributed by atoms with Crippen molar-refractivity contribution in [2.24, 2.45) is 23.7 Å². The van der Waals surface area contributed by atoms with Gasteiger partial charge < -0.3 is 33.8 Å². The predicted octanol–water partition coefficient (Wildman–Crippen LogP) is 25.9. The van der Waals surface area contributed by atoms with Crippen molar-refractivity contribution in [2.75, 3.05) is 39.6 Å². The summed E-state index contributed by atoms with van der Waals surface area (Å²) in [7, 11) is -9.93. The molecule has 0 fully saturated rings. The third-order valence-corrected chi connectivity index (χ3v) is 22.0. The highest BCUT2D eigenvalue weighted by atomic mass is 31.2. The van der Waals surface area contributed by atoms with E-state index in [2.05, 4.69) is 55.4 Å². The van der Waals surface area contributed by atoms with E-state index in [0.717, 1.165) is 114 Å². The molecule has 0 heterocycles. The van der Waals surface area contributed by atoms with Gasteiger partial charge in [0.15, 0.2) is 12.2 Å².